The van der Waals surface area contributed by atoms with Crippen molar-refractivity contribution >= 4 is 33.2 Å². The van der Waals surface area contributed by atoms with Crippen LogP contribution in [0.25, 0.3) is 0 Å². The maximum atomic E-state index is 13.9. The Balaban J connectivity index is 2.04. The fraction of sp³-hybridized carbons (Fsp3) is 0.310. The number of benzene rings is 3. The molecule has 0 fully saturated rings. The first-order chi connectivity index (χ1) is 18.7. The summed E-state index contributed by atoms with van der Waals surface area (Å²) < 4.78 is 28.4. The first-order valence-corrected chi connectivity index (χ1v) is 14.1. The standard InChI is InChI=1S/C29H34N4O6S/c1-21-11-13-23(14-12-21)19-31(22(2)28(35)30-29(3,4)5)27(34)20-32(24-15-17-25(18-16-24)33(36)37)40(38,39)26-9-7-6-8-10-26/h6-18,22H,19-20H2,1-5H3,(H,30,35)/t22-/m0/s1. The average Bonchev–Trinajstić information content (AvgIpc) is 2.90. The normalized spacial score (nSPS) is 12.3. The molecule has 0 bridgehead atoms. The molecule has 0 unspecified atom stereocenters. The van der Waals surface area contributed by atoms with Gasteiger partial charge < -0.3 is 10.2 Å². The Labute approximate surface area is 234 Å². The van der Waals surface area contributed by atoms with E-state index in [-0.39, 0.29) is 28.7 Å². The first-order valence-electron chi connectivity index (χ1n) is 12.7. The van der Waals surface area contributed by atoms with Gasteiger partial charge in [-0.05, 0) is 64.4 Å². The van der Waals surface area contributed by atoms with Crippen molar-refractivity contribution < 1.29 is 22.9 Å². The lowest BCUT2D eigenvalue weighted by Crippen LogP contribution is -2.54. The van der Waals surface area contributed by atoms with E-state index >= 15 is 0 Å². The van der Waals surface area contributed by atoms with Crippen LogP contribution in [0.3, 0.4) is 0 Å². The van der Waals surface area contributed by atoms with Gasteiger partial charge >= 0.3 is 0 Å². The van der Waals surface area contributed by atoms with Crippen LogP contribution in [0.2, 0.25) is 0 Å². The van der Waals surface area contributed by atoms with Crippen LogP contribution in [0.4, 0.5) is 11.4 Å². The number of nitrogens with zero attached hydrogens (tertiary/aromatic N) is 3. The molecule has 3 aromatic carbocycles. The summed E-state index contributed by atoms with van der Waals surface area (Å²) in [6.07, 6.45) is 0. The molecule has 11 heteroatoms. The second-order valence-electron chi connectivity index (χ2n) is 10.5. The number of carbonyl (C=O) groups excluding carboxylic acids is 2. The molecule has 0 aliphatic rings. The van der Waals surface area contributed by atoms with E-state index in [1.165, 1.54) is 41.3 Å². The van der Waals surface area contributed by atoms with Gasteiger partial charge in [0, 0.05) is 24.2 Å². The molecule has 0 aliphatic carbocycles. The topological polar surface area (TPSA) is 130 Å². The van der Waals surface area contributed by atoms with Crippen molar-refractivity contribution in [3.8, 4) is 0 Å². The van der Waals surface area contributed by atoms with Crippen LogP contribution in [0.5, 0.6) is 0 Å². The van der Waals surface area contributed by atoms with Crippen molar-refractivity contribution in [1.29, 1.82) is 0 Å². The molecule has 0 saturated carbocycles. The van der Waals surface area contributed by atoms with Crippen molar-refractivity contribution in [2.24, 2.45) is 0 Å². The fourth-order valence-electron chi connectivity index (χ4n) is 3.94. The number of nitrogens with one attached hydrogen (secondary N) is 1. The van der Waals surface area contributed by atoms with Crippen molar-refractivity contribution in [1.82, 2.24) is 10.2 Å². The SMILES string of the molecule is Cc1ccc(CN(C(=O)CN(c2ccc([N+](=O)[O-])cc2)S(=O)(=O)c2ccccc2)[C@@H](C)C(=O)NC(C)(C)C)cc1. The molecule has 10 nitrogen and oxygen atoms in total. The largest absolute Gasteiger partial charge is 0.350 e. The molecule has 0 aliphatic heterocycles. The van der Waals surface area contributed by atoms with Gasteiger partial charge in [0.05, 0.1) is 15.5 Å². The van der Waals surface area contributed by atoms with Crippen LogP contribution in [0.15, 0.2) is 83.8 Å². The quantitative estimate of drug-likeness (QED) is 0.285. The molecule has 1 N–H and O–H groups in total. The van der Waals surface area contributed by atoms with Gasteiger partial charge in [-0.2, -0.15) is 0 Å². The molecule has 0 saturated heterocycles. The van der Waals surface area contributed by atoms with E-state index in [2.05, 4.69) is 5.32 Å². The van der Waals surface area contributed by atoms with Gasteiger partial charge in [0.1, 0.15) is 12.6 Å². The lowest BCUT2D eigenvalue weighted by Gasteiger charge is -2.33. The van der Waals surface area contributed by atoms with E-state index in [0.29, 0.717) is 0 Å². The number of nitro groups is 1. The predicted octanol–water partition coefficient (Wildman–Crippen LogP) is 4.43. The minimum atomic E-state index is -4.25. The van der Waals surface area contributed by atoms with Gasteiger partial charge in [-0.15, -0.1) is 0 Å². The highest BCUT2D eigenvalue weighted by atomic mass is 32.2. The molecule has 1 atom stereocenters. The number of carbonyl (C=O) groups is 2. The highest BCUT2D eigenvalue weighted by Crippen LogP contribution is 2.26. The second kappa shape index (κ2) is 12.3. The maximum Gasteiger partial charge on any atom is 0.269 e. The van der Waals surface area contributed by atoms with Crippen LogP contribution in [0.1, 0.15) is 38.8 Å². The van der Waals surface area contributed by atoms with Gasteiger partial charge in [-0.25, -0.2) is 8.42 Å². The number of sulfonamides is 1. The Morgan fingerprint density at radius 2 is 1.52 bits per heavy atom. The monoisotopic (exact) mass is 566 g/mol. The third-order valence-electron chi connectivity index (χ3n) is 6.10. The highest BCUT2D eigenvalue weighted by Gasteiger charge is 2.33. The Kier molecular flexibility index (Phi) is 9.31. The molecule has 0 radical (unpaired) electrons. The zero-order valence-corrected chi connectivity index (χ0v) is 24.0. The number of amides is 2. The Hall–Kier alpha value is -4.25. The third kappa shape index (κ3) is 7.66. The summed E-state index contributed by atoms with van der Waals surface area (Å²) in [7, 11) is -4.25. The Bertz CT molecular complexity index is 1450. The Morgan fingerprint density at radius 1 is 0.950 bits per heavy atom. The number of hydrogen-bond donors (Lipinski definition) is 1. The van der Waals surface area contributed by atoms with Gasteiger partial charge in [-0.1, -0.05) is 48.0 Å². The van der Waals surface area contributed by atoms with Gasteiger partial charge in [0.15, 0.2) is 0 Å². The highest BCUT2D eigenvalue weighted by molar-refractivity contribution is 7.92. The second-order valence-corrected chi connectivity index (χ2v) is 12.4. The van der Waals surface area contributed by atoms with Crippen LogP contribution in [-0.4, -0.2) is 48.2 Å². The lowest BCUT2D eigenvalue weighted by atomic mass is 10.1. The minimum absolute atomic E-state index is 0.0511. The maximum absolute atomic E-state index is 13.9. The average molecular weight is 567 g/mol. The van der Waals surface area contributed by atoms with Crippen LogP contribution >= 0.6 is 0 Å². The predicted molar refractivity (Wildman–Crippen MR) is 153 cm³/mol. The molecule has 0 heterocycles. The van der Waals surface area contributed by atoms with E-state index < -0.39 is 39.0 Å². The number of non-ortho nitro benzene ring substituents is 1. The molecule has 0 spiro atoms. The molecule has 40 heavy (non-hydrogen) atoms. The van der Waals surface area contributed by atoms with Crippen LogP contribution in [0, 0.1) is 17.0 Å². The molecule has 2 amide bonds. The number of nitro benzene ring substituents is 1. The number of aryl methyl sites for hydroxylation is 1. The summed E-state index contributed by atoms with van der Waals surface area (Å²) >= 11 is 0. The van der Waals surface area contributed by atoms with Crippen LogP contribution in [-0.2, 0) is 26.2 Å². The zero-order chi connectivity index (χ0) is 29.7. The molecule has 0 aromatic heterocycles. The van der Waals surface area contributed by atoms with Crippen LogP contribution < -0.4 is 9.62 Å². The first kappa shape index (κ1) is 30.3. The smallest absolute Gasteiger partial charge is 0.269 e. The minimum Gasteiger partial charge on any atom is -0.350 e. The molecule has 212 valence electrons. The lowest BCUT2D eigenvalue weighted by molar-refractivity contribution is -0.384. The Morgan fingerprint density at radius 3 is 2.05 bits per heavy atom. The van der Waals surface area contributed by atoms with E-state index in [1.54, 1.807) is 25.1 Å². The molecule has 3 rings (SSSR count). The van der Waals surface area contributed by atoms with E-state index in [1.807, 2.05) is 52.0 Å². The molecular weight excluding hydrogens is 532 g/mol. The third-order valence-corrected chi connectivity index (χ3v) is 7.89. The molecule has 3 aromatic rings. The van der Waals surface area contributed by atoms with Gasteiger partial charge in [-0.3, -0.25) is 24.0 Å². The van der Waals surface area contributed by atoms with Crippen molar-refractivity contribution in [3.63, 3.8) is 0 Å². The van der Waals surface area contributed by atoms with Crippen molar-refractivity contribution in [3.05, 3.63) is 100 Å². The van der Waals surface area contributed by atoms with Crippen molar-refractivity contribution in [2.75, 3.05) is 10.8 Å². The molecular formula is C29H34N4O6S. The van der Waals surface area contributed by atoms with Crippen molar-refractivity contribution in [2.45, 2.75) is 57.6 Å². The van der Waals surface area contributed by atoms with E-state index in [4.69, 9.17) is 0 Å². The number of hydrogen-bond acceptors (Lipinski definition) is 6. The van der Waals surface area contributed by atoms with Gasteiger partial charge in [0.25, 0.3) is 15.7 Å². The fourth-order valence-corrected chi connectivity index (χ4v) is 5.37. The summed E-state index contributed by atoms with van der Waals surface area (Å²) in [5, 5.41) is 14.1. The summed E-state index contributed by atoms with van der Waals surface area (Å²) in [6.45, 7) is 8.44. The van der Waals surface area contributed by atoms with Gasteiger partial charge in [0.2, 0.25) is 11.8 Å². The summed E-state index contributed by atoms with van der Waals surface area (Å²) in [6, 6.07) is 19.1. The van der Waals surface area contributed by atoms with E-state index in [9.17, 15) is 28.1 Å². The number of rotatable bonds is 10. The van der Waals surface area contributed by atoms with E-state index in [0.717, 1.165) is 15.4 Å². The number of anilines is 1. The summed E-state index contributed by atoms with van der Waals surface area (Å²) in [4.78, 5) is 38.9. The summed E-state index contributed by atoms with van der Waals surface area (Å²) in [5.41, 5.74) is 1.09. The summed E-state index contributed by atoms with van der Waals surface area (Å²) in [5.74, 6) is -1.00. The zero-order valence-electron chi connectivity index (χ0n) is 23.2.